The number of hydrogen-bond acceptors (Lipinski definition) is 3. The number of rotatable bonds is 6. The maximum atomic E-state index is 6.07. The summed E-state index contributed by atoms with van der Waals surface area (Å²) in [4.78, 5) is 0. The third-order valence-corrected chi connectivity index (χ3v) is 3.65. The Bertz CT molecular complexity index is 617. The lowest BCUT2D eigenvalue weighted by Gasteiger charge is -2.11. The van der Waals surface area contributed by atoms with E-state index >= 15 is 0 Å². The predicted molar refractivity (Wildman–Crippen MR) is 85.9 cm³/mol. The first-order chi connectivity index (χ1) is 10.0. The van der Waals surface area contributed by atoms with Gasteiger partial charge in [0.2, 0.25) is 0 Å². The van der Waals surface area contributed by atoms with Crippen molar-refractivity contribution in [1.29, 1.82) is 0 Å². The normalized spacial score (nSPS) is 10.9. The highest BCUT2D eigenvalue weighted by atomic mass is 16.5. The number of nitrogens with zero attached hydrogens (tertiary/aromatic N) is 2. The van der Waals surface area contributed by atoms with Gasteiger partial charge in [0.1, 0.15) is 11.4 Å². The van der Waals surface area contributed by atoms with E-state index in [2.05, 4.69) is 36.4 Å². The van der Waals surface area contributed by atoms with Gasteiger partial charge in [0.25, 0.3) is 0 Å². The molecule has 2 aromatic rings. The lowest BCUT2D eigenvalue weighted by atomic mass is 10.1. The molecule has 0 fully saturated rings. The van der Waals surface area contributed by atoms with E-state index < -0.39 is 0 Å². The van der Waals surface area contributed by atoms with E-state index in [1.54, 1.807) is 0 Å². The summed E-state index contributed by atoms with van der Waals surface area (Å²) in [5, 5.41) is 7.80. The molecule has 0 aliphatic heterocycles. The summed E-state index contributed by atoms with van der Waals surface area (Å²) < 4.78 is 7.92. The molecule has 0 aliphatic carbocycles. The number of benzene rings is 1. The zero-order valence-corrected chi connectivity index (χ0v) is 13.7. The van der Waals surface area contributed by atoms with Crippen LogP contribution in [0.3, 0.4) is 0 Å². The lowest BCUT2D eigenvalue weighted by Crippen LogP contribution is -2.13. The molecule has 0 radical (unpaired) electrons. The Hall–Kier alpha value is -1.81. The molecule has 0 atom stereocenters. The van der Waals surface area contributed by atoms with Crippen LogP contribution in [0.25, 0.3) is 0 Å². The van der Waals surface area contributed by atoms with Crippen LogP contribution in [-0.4, -0.2) is 16.3 Å². The van der Waals surface area contributed by atoms with Crippen molar-refractivity contribution in [1.82, 2.24) is 15.1 Å². The fourth-order valence-electron chi connectivity index (χ4n) is 2.36. The third-order valence-electron chi connectivity index (χ3n) is 3.65. The summed E-state index contributed by atoms with van der Waals surface area (Å²) in [5.74, 6) is 1.76. The molecule has 21 heavy (non-hydrogen) atoms. The van der Waals surface area contributed by atoms with E-state index in [1.807, 2.05) is 31.6 Å². The molecular weight excluding hydrogens is 262 g/mol. The van der Waals surface area contributed by atoms with Crippen LogP contribution < -0.4 is 10.1 Å². The fourth-order valence-corrected chi connectivity index (χ4v) is 2.36. The van der Waals surface area contributed by atoms with Gasteiger partial charge in [-0.1, -0.05) is 19.1 Å². The Morgan fingerprint density at radius 3 is 2.57 bits per heavy atom. The monoisotopic (exact) mass is 287 g/mol. The summed E-state index contributed by atoms with van der Waals surface area (Å²) in [6.45, 7) is 10.2. The van der Waals surface area contributed by atoms with Crippen LogP contribution in [-0.2, 0) is 13.6 Å². The van der Waals surface area contributed by atoms with Gasteiger partial charge in [-0.05, 0) is 50.9 Å². The van der Waals surface area contributed by atoms with Crippen molar-refractivity contribution < 1.29 is 4.74 Å². The smallest absolute Gasteiger partial charge is 0.171 e. The second-order valence-corrected chi connectivity index (χ2v) is 5.50. The van der Waals surface area contributed by atoms with Crippen molar-refractivity contribution in [2.24, 2.45) is 7.05 Å². The summed E-state index contributed by atoms with van der Waals surface area (Å²) >= 11 is 0. The summed E-state index contributed by atoms with van der Waals surface area (Å²) in [6.07, 6.45) is 1.15. The average Bonchev–Trinajstić information content (AvgIpc) is 2.68. The van der Waals surface area contributed by atoms with E-state index in [4.69, 9.17) is 4.74 Å². The molecule has 4 nitrogen and oxygen atoms in total. The molecule has 0 saturated heterocycles. The first kappa shape index (κ1) is 15.6. The molecule has 0 bridgehead atoms. The Kier molecular flexibility index (Phi) is 5.02. The molecule has 4 heteroatoms. The van der Waals surface area contributed by atoms with Gasteiger partial charge in [-0.2, -0.15) is 5.10 Å². The maximum absolute atomic E-state index is 6.07. The van der Waals surface area contributed by atoms with Gasteiger partial charge in [-0.15, -0.1) is 0 Å². The highest BCUT2D eigenvalue weighted by Gasteiger charge is 2.12. The van der Waals surface area contributed by atoms with Crippen molar-refractivity contribution in [2.75, 3.05) is 6.54 Å². The van der Waals surface area contributed by atoms with Crippen molar-refractivity contribution in [3.05, 3.63) is 40.7 Å². The number of ether oxygens (including phenoxy) is 1. The zero-order chi connectivity index (χ0) is 15.4. The van der Waals surface area contributed by atoms with E-state index in [1.165, 1.54) is 5.56 Å². The van der Waals surface area contributed by atoms with Gasteiger partial charge in [0.05, 0.1) is 5.69 Å². The second kappa shape index (κ2) is 6.76. The van der Waals surface area contributed by atoms with Crippen molar-refractivity contribution in [2.45, 2.75) is 40.7 Å². The number of aromatic nitrogens is 2. The highest BCUT2D eigenvalue weighted by molar-refractivity contribution is 5.42. The van der Waals surface area contributed by atoms with Crippen LogP contribution in [0.2, 0.25) is 0 Å². The van der Waals surface area contributed by atoms with E-state index in [0.717, 1.165) is 48.0 Å². The molecule has 0 aliphatic rings. The van der Waals surface area contributed by atoms with Gasteiger partial charge >= 0.3 is 0 Å². The van der Waals surface area contributed by atoms with Crippen molar-refractivity contribution >= 4 is 0 Å². The molecule has 2 rings (SSSR count). The Balaban J connectivity index is 2.14. The molecule has 1 N–H and O–H groups in total. The molecule has 0 unspecified atom stereocenters. The van der Waals surface area contributed by atoms with Crippen molar-refractivity contribution in [3.8, 4) is 11.5 Å². The number of hydrogen-bond donors (Lipinski definition) is 1. The van der Waals surface area contributed by atoms with Gasteiger partial charge < -0.3 is 10.1 Å². The standard InChI is InChI=1S/C17H25N3O/c1-6-9-18-11-15-7-8-16(12(2)10-15)21-17-13(3)19-20(5)14(17)4/h7-8,10,18H,6,9,11H2,1-5H3. The van der Waals surface area contributed by atoms with Crippen LogP contribution in [0.5, 0.6) is 11.5 Å². The van der Waals surface area contributed by atoms with Gasteiger partial charge in [-0.25, -0.2) is 0 Å². The second-order valence-electron chi connectivity index (χ2n) is 5.50. The van der Waals surface area contributed by atoms with Gasteiger partial charge in [-0.3, -0.25) is 4.68 Å². The first-order valence-electron chi connectivity index (χ1n) is 7.51. The number of aryl methyl sites for hydroxylation is 3. The largest absolute Gasteiger partial charge is 0.453 e. The quantitative estimate of drug-likeness (QED) is 0.824. The van der Waals surface area contributed by atoms with Crippen LogP contribution in [0.15, 0.2) is 18.2 Å². The van der Waals surface area contributed by atoms with Crippen LogP contribution in [0.1, 0.15) is 35.9 Å². The van der Waals surface area contributed by atoms with Gasteiger partial charge in [0.15, 0.2) is 5.75 Å². The summed E-state index contributed by atoms with van der Waals surface area (Å²) in [7, 11) is 1.94. The maximum Gasteiger partial charge on any atom is 0.171 e. The topological polar surface area (TPSA) is 39.1 Å². The molecular formula is C17H25N3O. The third kappa shape index (κ3) is 3.64. The lowest BCUT2D eigenvalue weighted by molar-refractivity contribution is 0.470. The number of nitrogens with one attached hydrogen (secondary N) is 1. The molecule has 0 amide bonds. The Morgan fingerprint density at radius 1 is 1.24 bits per heavy atom. The Morgan fingerprint density at radius 2 is 2.00 bits per heavy atom. The van der Waals surface area contributed by atoms with Crippen LogP contribution in [0.4, 0.5) is 0 Å². The minimum absolute atomic E-state index is 0.859. The SMILES string of the molecule is CCCNCc1ccc(Oc2c(C)nn(C)c2C)c(C)c1. The molecule has 1 aromatic heterocycles. The van der Waals surface area contributed by atoms with E-state index in [-0.39, 0.29) is 0 Å². The fraction of sp³-hybridized carbons (Fsp3) is 0.471. The van der Waals surface area contributed by atoms with Gasteiger partial charge in [0, 0.05) is 13.6 Å². The molecule has 0 spiro atoms. The summed E-state index contributed by atoms with van der Waals surface area (Å²) in [5.41, 5.74) is 4.39. The highest BCUT2D eigenvalue weighted by Crippen LogP contribution is 2.30. The Labute approximate surface area is 127 Å². The minimum atomic E-state index is 0.859. The summed E-state index contributed by atoms with van der Waals surface area (Å²) in [6, 6.07) is 6.34. The van der Waals surface area contributed by atoms with Crippen molar-refractivity contribution in [3.63, 3.8) is 0 Å². The van der Waals surface area contributed by atoms with Crippen LogP contribution >= 0.6 is 0 Å². The first-order valence-corrected chi connectivity index (χ1v) is 7.51. The molecule has 1 aromatic carbocycles. The molecule has 114 valence electrons. The predicted octanol–water partition coefficient (Wildman–Crippen LogP) is 3.64. The average molecular weight is 287 g/mol. The molecule has 1 heterocycles. The minimum Gasteiger partial charge on any atom is -0.453 e. The van der Waals surface area contributed by atoms with E-state index in [0.29, 0.717) is 0 Å². The van der Waals surface area contributed by atoms with Crippen LogP contribution in [0, 0.1) is 20.8 Å². The zero-order valence-electron chi connectivity index (χ0n) is 13.7. The molecule has 0 saturated carbocycles. The van der Waals surface area contributed by atoms with E-state index in [9.17, 15) is 0 Å².